The molecule has 2 unspecified atom stereocenters. The minimum atomic E-state index is -0.386. The van der Waals surface area contributed by atoms with Crippen LogP contribution in [0.2, 0.25) is 0 Å². The van der Waals surface area contributed by atoms with Gasteiger partial charge >= 0.3 is 6.09 Å². The number of benzene rings is 3. The van der Waals surface area contributed by atoms with Gasteiger partial charge in [-0.3, -0.25) is 4.90 Å². The summed E-state index contributed by atoms with van der Waals surface area (Å²) in [5, 5.41) is 18.8. The Morgan fingerprint density at radius 3 is 2.40 bits per heavy atom. The number of rotatable bonds is 9. The van der Waals surface area contributed by atoms with Gasteiger partial charge < -0.3 is 35.0 Å². The zero-order valence-corrected chi connectivity index (χ0v) is 26.7. The number of nitrogen functional groups attached to an aromatic ring is 1. The molecular weight excluding hydrogens is 613 g/mol. The standard InChI is InChI=1S/C36H40FN7O4/c37-30-13-12-26(20-34(30)47-19-18-41-14-16-42(17-15-41)36(46)48-24-25-6-2-1-3-7-25)44-27-10-11-28(44)23-43(22-27)32-21-31(39-40-35(32)38)29-8-4-5-9-33(29)45/h1-9,12-13,20-21,27-28,45H,10-11,14-19,22-24H2,(H2,38,40). The summed E-state index contributed by atoms with van der Waals surface area (Å²) in [5.74, 6) is 0.348. The number of aromatic hydroxyl groups is 1. The Balaban J connectivity index is 0.928. The number of ether oxygens (including phenoxy) is 2. The van der Waals surface area contributed by atoms with Crippen molar-refractivity contribution in [2.24, 2.45) is 0 Å². The van der Waals surface area contributed by atoms with Crippen molar-refractivity contribution in [1.29, 1.82) is 0 Å². The lowest BCUT2D eigenvalue weighted by atomic mass is 10.1. The lowest BCUT2D eigenvalue weighted by Crippen LogP contribution is -2.54. The average Bonchev–Trinajstić information content (AvgIpc) is 3.37. The predicted octanol–water partition coefficient (Wildman–Crippen LogP) is 4.76. The van der Waals surface area contributed by atoms with Crippen molar-refractivity contribution < 1.29 is 23.8 Å². The van der Waals surface area contributed by atoms with Gasteiger partial charge in [-0.15, -0.1) is 10.2 Å². The van der Waals surface area contributed by atoms with Crippen LogP contribution in [0.25, 0.3) is 11.3 Å². The van der Waals surface area contributed by atoms with E-state index >= 15 is 0 Å². The molecule has 12 heteroatoms. The van der Waals surface area contributed by atoms with Gasteiger partial charge in [0.2, 0.25) is 0 Å². The molecule has 1 aromatic heterocycles. The topological polar surface area (TPSA) is 121 Å². The van der Waals surface area contributed by atoms with Crippen LogP contribution >= 0.6 is 0 Å². The number of phenolic OH excluding ortho intramolecular Hbond substituents is 1. The molecule has 3 aromatic carbocycles. The number of amides is 1. The molecule has 2 bridgehead atoms. The summed E-state index contributed by atoms with van der Waals surface area (Å²) in [7, 11) is 0. The van der Waals surface area contributed by atoms with E-state index in [4.69, 9.17) is 15.2 Å². The maximum absolute atomic E-state index is 14.9. The highest BCUT2D eigenvalue weighted by atomic mass is 19.1. The maximum Gasteiger partial charge on any atom is 0.410 e. The Labute approximate surface area is 279 Å². The molecule has 0 spiro atoms. The number of piperazine rings is 2. The van der Waals surface area contributed by atoms with E-state index in [0.717, 1.165) is 42.9 Å². The van der Waals surface area contributed by atoms with Crippen molar-refractivity contribution in [1.82, 2.24) is 20.0 Å². The number of halogens is 1. The lowest BCUT2D eigenvalue weighted by molar-refractivity contribution is 0.0682. The van der Waals surface area contributed by atoms with Crippen LogP contribution in [-0.4, -0.2) is 95.7 Å². The molecule has 3 aliphatic heterocycles. The molecule has 2 atom stereocenters. The summed E-state index contributed by atoms with van der Waals surface area (Å²) < 4.78 is 26.4. The van der Waals surface area contributed by atoms with Crippen LogP contribution in [-0.2, 0) is 11.3 Å². The number of anilines is 3. The molecule has 1 amide bonds. The highest BCUT2D eigenvalue weighted by Gasteiger charge is 2.41. The molecule has 4 heterocycles. The fourth-order valence-electron chi connectivity index (χ4n) is 7.00. The average molecular weight is 654 g/mol. The normalized spacial score (nSPS) is 19.4. The molecule has 3 fully saturated rings. The van der Waals surface area contributed by atoms with Gasteiger partial charge in [-0.05, 0) is 48.7 Å². The number of phenols is 1. The number of carbonyl (C=O) groups excluding carboxylic acids is 1. The van der Waals surface area contributed by atoms with Crippen LogP contribution in [0.15, 0.2) is 78.9 Å². The summed E-state index contributed by atoms with van der Waals surface area (Å²) in [6.07, 6.45) is 1.71. The summed E-state index contributed by atoms with van der Waals surface area (Å²) in [5.41, 5.74) is 10.2. The summed E-state index contributed by atoms with van der Waals surface area (Å²) in [6.45, 7) is 5.23. The molecule has 0 aliphatic carbocycles. The Hall–Kier alpha value is -5.10. The van der Waals surface area contributed by atoms with Crippen molar-refractivity contribution in [2.45, 2.75) is 31.5 Å². The second-order valence-electron chi connectivity index (χ2n) is 12.5. The minimum Gasteiger partial charge on any atom is -0.507 e. The van der Waals surface area contributed by atoms with Gasteiger partial charge in [0.25, 0.3) is 0 Å². The van der Waals surface area contributed by atoms with Crippen LogP contribution in [0.1, 0.15) is 18.4 Å². The number of fused-ring (bicyclic) bond motifs is 2. The van der Waals surface area contributed by atoms with E-state index in [-0.39, 0.29) is 42.1 Å². The second-order valence-corrected chi connectivity index (χ2v) is 12.5. The van der Waals surface area contributed by atoms with Crippen molar-refractivity contribution >= 4 is 23.3 Å². The van der Waals surface area contributed by atoms with E-state index in [1.54, 1.807) is 17.0 Å². The van der Waals surface area contributed by atoms with Crippen LogP contribution < -0.4 is 20.3 Å². The van der Waals surface area contributed by atoms with Crippen LogP contribution in [0, 0.1) is 5.82 Å². The first kappa shape index (κ1) is 31.5. The third-order valence-electron chi connectivity index (χ3n) is 9.52. The van der Waals surface area contributed by atoms with Gasteiger partial charge in [0.05, 0.1) is 11.4 Å². The monoisotopic (exact) mass is 653 g/mol. The Bertz CT molecular complexity index is 1720. The molecule has 0 saturated carbocycles. The first-order valence-electron chi connectivity index (χ1n) is 16.5. The van der Waals surface area contributed by atoms with Crippen molar-refractivity contribution in [3.05, 3.63) is 90.2 Å². The number of carbonyl (C=O) groups is 1. The van der Waals surface area contributed by atoms with E-state index in [2.05, 4.69) is 24.9 Å². The van der Waals surface area contributed by atoms with Crippen LogP contribution in [0.4, 0.5) is 26.4 Å². The van der Waals surface area contributed by atoms with Gasteiger partial charge in [-0.2, -0.15) is 0 Å². The zero-order valence-electron chi connectivity index (χ0n) is 26.7. The molecule has 3 N–H and O–H groups in total. The number of nitrogens with zero attached hydrogens (tertiary/aromatic N) is 6. The van der Waals surface area contributed by atoms with E-state index in [1.165, 1.54) is 6.07 Å². The molecule has 4 aromatic rings. The predicted molar refractivity (Wildman–Crippen MR) is 182 cm³/mol. The Kier molecular flexibility index (Phi) is 9.15. The molecule has 3 aliphatic rings. The van der Waals surface area contributed by atoms with E-state index in [9.17, 15) is 14.3 Å². The van der Waals surface area contributed by atoms with Crippen LogP contribution in [0.5, 0.6) is 11.5 Å². The first-order valence-corrected chi connectivity index (χ1v) is 16.5. The van der Waals surface area contributed by atoms with Gasteiger partial charge in [0.15, 0.2) is 17.4 Å². The molecule has 250 valence electrons. The van der Waals surface area contributed by atoms with E-state index in [1.807, 2.05) is 60.7 Å². The molecule has 0 radical (unpaired) electrons. The van der Waals surface area contributed by atoms with Crippen molar-refractivity contribution in [3.63, 3.8) is 0 Å². The third-order valence-corrected chi connectivity index (χ3v) is 9.52. The summed E-state index contributed by atoms with van der Waals surface area (Å²) in [6, 6.07) is 24.1. The largest absolute Gasteiger partial charge is 0.507 e. The molecule has 7 rings (SSSR count). The Morgan fingerprint density at radius 1 is 0.917 bits per heavy atom. The molecule has 48 heavy (non-hydrogen) atoms. The highest BCUT2D eigenvalue weighted by molar-refractivity contribution is 5.74. The highest BCUT2D eigenvalue weighted by Crippen LogP contribution is 2.40. The fraction of sp³-hybridized carbons (Fsp3) is 0.361. The number of nitrogens with two attached hydrogens (primary N) is 1. The number of para-hydroxylation sites is 1. The van der Waals surface area contributed by atoms with Gasteiger partial charge in [-0.1, -0.05) is 42.5 Å². The molecular formula is C36H40FN7O4. The van der Waals surface area contributed by atoms with E-state index in [0.29, 0.717) is 56.4 Å². The van der Waals surface area contributed by atoms with Crippen LogP contribution in [0.3, 0.4) is 0 Å². The second kappa shape index (κ2) is 13.9. The smallest absolute Gasteiger partial charge is 0.410 e. The van der Waals surface area contributed by atoms with Gasteiger partial charge in [0.1, 0.15) is 19.0 Å². The first-order chi connectivity index (χ1) is 23.4. The molecule has 3 saturated heterocycles. The summed E-state index contributed by atoms with van der Waals surface area (Å²) >= 11 is 0. The summed E-state index contributed by atoms with van der Waals surface area (Å²) in [4.78, 5) is 21.1. The number of hydrogen-bond donors (Lipinski definition) is 2. The maximum atomic E-state index is 14.9. The van der Waals surface area contributed by atoms with Crippen molar-refractivity contribution in [2.75, 3.05) is 68.0 Å². The molecule has 11 nitrogen and oxygen atoms in total. The van der Waals surface area contributed by atoms with Crippen molar-refractivity contribution in [3.8, 4) is 22.8 Å². The van der Waals surface area contributed by atoms with Gasteiger partial charge in [0, 0.05) is 75.2 Å². The number of hydrogen-bond acceptors (Lipinski definition) is 10. The Morgan fingerprint density at radius 2 is 1.65 bits per heavy atom. The minimum absolute atomic E-state index is 0.140. The fourth-order valence-corrected chi connectivity index (χ4v) is 7.00. The van der Waals surface area contributed by atoms with Gasteiger partial charge in [-0.25, -0.2) is 9.18 Å². The third kappa shape index (κ3) is 6.79. The number of aromatic nitrogens is 2. The quantitative estimate of drug-likeness (QED) is 0.262. The SMILES string of the molecule is Nc1nnc(-c2ccccc2O)cc1N1CC2CCC(C1)N2c1ccc(F)c(OCCN2CCN(C(=O)OCc3ccccc3)CC2)c1. The zero-order chi connectivity index (χ0) is 33.0. The van der Waals surface area contributed by atoms with E-state index < -0.39 is 0 Å². The lowest BCUT2D eigenvalue weighted by Gasteiger charge is -2.43.